The van der Waals surface area contributed by atoms with E-state index in [1.807, 2.05) is 48.5 Å². The van der Waals surface area contributed by atoms with Gasteiger partial charge in [0.15, 0.2) is 5.84 Å². The summed E-state index contributed by atoms with van der Waals surface area (Å²) < 4.78 is 8.92. The minimum atomic E-state index is 0.114. The molecule has 3 N–H and O–H groups in total. The molecule has 10 rings (SSSR count). The number of para-hydroxylation sites is 1. The van der Waals surface area contributed by atoms with E-state index in [1.54, 1.807) is 0 Å². The molecule has 0 bridgehead atoms. The zero-order valence-electron chi connectivity index (χ0n) is 27.5. The molecule has 0 amide bonds. The largest absolute Gasteiger partial charge is 0.456 e. The molecule has 0 unspecified atom stereocenters. The summed E-state index contributed by atoms with van der Waals surface area (Å²) in [6, 6.07) is 56.5. The first kappa shape index (κ1) is 29.0. The number of fused-ring (bicyclic) bond motifs is 9. The maximum Gasteiger partial charge on any atom is 0.154 e. The van der Waals surface area contributed by atoms with Gasteiger partial charge in [-0.25, -0.2) is 4.99 Å². The minimum Gasteiger partial charge on any atom is -0.456 e. The molecule has 0 aliphatic carbocycles. The predicted molar refractivity (Wildman–Crippen MR) is 213 cm³/mol. The first-order valence-electron chi connectivity index (χ1n) is 17.0. The molecule has 240 valence electrons. The van der Waals surface area contributed by atoms with E-state index in [4.69, 9.17) is 15.6 Å². The van der Waals surface area contributed by atoms with E-state index in [1.165, 1.54) is 32.6 Å². The lowest BCUT2D eigenvalue weighted by Gasteiger charge is -2.12. The van der Waals surface area contributed by atoms with Crippen LogP contribution in [0.25, 0.3) is 82.1 Å². The quantitative estimate of drug-likeness (QED) is 0.146. The van der Waals surface area contributed by atoms with Crippen molar-refractivity contribution in [3.8, 4) is 16.8 Å². The highest BCUT2D eigenvalue weighted by Crippen LogP contribution is 2.42. The average molecular weight is 655 g/mol. The van der Waals surface area contributed by atoms with Gasteiger partial charge in [0, 0.05) is 38.4 Å². The molecule has 51 heavy (non-hydrogen) atoms. The highest BCUT2D eigenvalue weighted by atomic mass is 16.3. The smallest absolute Gasteiger partial charge is 0.154 e. The van der Waals surface area contributed by atoms with E-state index in [9.17, 15) is 0 Å². The minimum absolute atomic E-state index is 0.114. The summed E-state index contributed by atoms with van der Waals surface area (Å²) in [7, 11) is 0. The van der Waals surface area contributed by atoms with Crippen LogP contribution in [0.5, 0.6) is 0 Å². The molecule has 0 atom stereocenters. The van der Waals surface area contributed by atoms with Crippen LogP contribution in [0.4, 0.5) is 0 Å². The number of hydrogen-bond donors (Lipinski definition) is 2. The second-order valence-electron chi connectivity index (χ2n) is 13.0. The molecule has 0 saturated heterocycles. The van der Waals surface area contributed by atoms with E-state index in [2.05, 4.69) is 125 Å². The van der Waals surface area contributed by atoms with Crippen LogP contribution in [0.15, 0.2) is 173 Å². The molecular formula is C46H30N4O. The van der Waals surface area contributed by atoms with Crippen molar-refractivity contribution in [2.24, 2.45) is 10.7 Å². The van der Waals surface area contributed by atoms with Gasteiger partial charge in [-0.05, 0) is 75.1 Å². The van der Waals surface area contributed by atoms with E-state index in [0.717, 1.165) is 55.1 Å². The van der Waals surface area contributed by atoms with Crippen LogP contribution in [-0.2, 0) is 0 Å². The van der Waals surface area contributed by atoms with Crippen molar-refractivity contribution >= 4 is 77.0 Å². The van der Waals surface area contributed by atoms with Crippen molar-refractivity contribution in [3.63, 3.8) is 0 Å². The maximum atomic E-state index is 8.58. The van der Waals surface area contributed by atoms with Crippen LogP contribution in [0, 0.1) is 5.41 Å². The molecule has 0 spiro atoms. The molecule has 0 fully saturated rings. The van der Waals surface area contributed by atoms with Crippen LogP contribution in [0.2, 0.25) is 0 Å². The lowest BCUT2D eigenvalue weighted by Crippen LogP contribution is -2.16. The van der Waals surface area contributed by atoms with Crippen LogP contribution >= 0.6 is 0 Å². The third kappa shape index (κ3) is 4.56. The van der Waals surface area contributed by atoms with Crippen molar-refractivity contribution in [3.05, 3.63) is 175 Å². The van der Waals surface area contributed by atoms with Gasteiger partial charge in [-0.2, -0.15) is 0 Å². The summed E-state index contributed by atoms with van der Waals surface area (Å²) in [4.78, 5) is 4.52. The number of benzene rings is 8. The Morgan fingerprint density at radius 2 is 1.24 bits per heavy atom. The van der Waals surface area contributed by atoms with Crippen LogP contribution in [0.3, 0.4) is 0 Å². The van der Waals surface area contributed by atoms with Crippen molar-refractivity contribution in [2.75, 3.05) is 0 Å². The van der Waals surface area contributed by atoms with Gasteiger partial charge in [-0.3, -0.25) is 5.41 Å². The topological polar surface area (TPSA) is 80.3 Å². The Bertz CT molecular complexity index is 3040. The number of nitrogens with zero attached hydrogens (tertiary/aromatic N) is 2. The van der Waals surface area contributed by atoms with Gasteiger partial charge in [0.2, 0.25) is 0 Å². The Balaban J connectivity index is 1.13. The number of aliphatic imine (C=N–C) groups is 1. The second kappa shape index (κ2) is 11.3. The molecule has 0 radical (unpaired) electrons. The molecule has 0 aliphatic rings. The normalized spacial score (nSPS) is 12.2. The Hall–Kier alpha value is -6.98. The summed E-state index contributed by atoms with van der Waals surface area (Å²) in [5.41, 5.74) is 15.2. The molecule has 10 aromatic rings. The van der Waals surface area contributed by atoms with Crippen molar-refractivity contribution in [1.82, 2.24) is 4.57 Å². The number of nitrogens with two attached hydrogens (primary N) is 1. The molecule has 0 aliphatic heterocycles. The second-order valence-corrected chi connectivity index (χ2v) is 13.0. The first-order chi connectivity index (χ1) is 25.1. The van der Waals surface area contributed by atoms with Gasteiger partial charge in [0.05, 0.1) is 11.0 Å². The lowest BCUT2D eigenvalue weighted by atomic mass is 9.93. The Labute approximate surface area is 293 Å². The van der Waals surface area contributed by atoms with Gasteiger partial charge in [0.25, 0.3) is 0 Å². The zero-order chi connectivity index (χ0) is 34.1. The van der Waals surface area contributed by atoms with Crippen LogP contribution in [-0.4, -0.2) is 16.2 Å². The van der Waals surface area contributed by atoms with E-state index in [-0.39, 0.29) is 11.7 Å². The van der Waals surface area contributed by atoms with Gasteiger partial charge in [-0.1, -0.05) is 121 Å². The number of furan rings is 1. The summed E-state index contributed by atoms with van der Waals surface area (Å²) in [6.45, 7) is 0. The van der Waals surface area contributed by atoms with Crippen LogP contribution < -0.4 is 5.73 Å². The third-order valence-corrected chi connectivity index (χ3v) is 10.0. The summed E-state index contributed by atoms with van der Waals surface area (Å²) in [5.74, 6) is 0.390. The van der Waals surface area contributed by atoms with Gasteiger partial charge < -0.3 is 14.7 Å². The van der Waals surface area contributed by atoms with E-state index >= 15 is 0 Å². The predicted octanol–water partition coefficient (Wildman–Crippen LogP) is 11.4. The van der Waals surface area contributed by atoms with Gasteiger partial charge in [0.1, 0.15) is 17.0 Å². The third-order valence-electron chi connectivity index (χ3n) is 10.0. The summed E-state index contributed by atoms with van der Waals surface area (Å²) >= 11 is 0. The summed E-state index contributed by atoms with van der Waals surface area (Å²) in [5, 5.41) is 17.6. The molecule has 0 saturated carbocycles. The van der Waals surface area contributed by atoms with Crippen molar-refractivity contribution in [2.45, 2.75) is 0 Å². The standard InChI is InChI=1S/C46H30N4O/c47-45(29-11-2-1-3-12-29)49-46(48)36-18-10-20-41-44(36)43-35-17-7-6-15-33(35)37(27-42(43)51-41)28-21-23-32(24-22-28)50-39-19-9-8-16-34(39)38-25-30-13-4-5-14-31(30)26-40(38)50/h1-27H,(H3,47,48,49). The van der Waals surface area contributed by atoms with Gasteiger partial charge in [-0.15, -0.1) is 0 Å². The summed E-state index contributed by atoms with van der Waals surface area (Å²) in [6.07, 6.45) is 0. The van der Waals surface area contributed by atoms with Crippen molar-refractivity contribution in [1.29, 1.82) is 5.41 Å². The Morgan fingerprint density at radius 3 is 2.04 bits per heavy atom. The molecular weight excluding hydrogens is 625 g/mol. The zero-order valence-corrected chi connectivity index (χ0v) is 27.5. The van der Waals surface area contributed by atoms with Crippen molar-refractivity contribution < 1.29 is 4.42 Å². The van der Waals surface area contributed by atoms with E-state index < -0.39 is 0 Å². The average Bonchev–Trinajstić information content (AvgIpc) is 3.72. The number of aromatic nitrogens is 1. The number of rotatable bonds is 4. The maximum absolute atomic E-state index is 8.58. The fraction of sp³-hybridized carbons (Fsp3) is 0. The lowest BCUT2D eigenvalue weighted by molar-refractivity contribution is 0.669. The molecule has 2 aromatic heterocycles. The highest BCUT2D eigenvalue weighted by molar-refractivity contribution is 6.27. The Morgan fingerprint density at radius 1 is 0.549 bits per heavy atom. The number of amidine groups is 2. The fourth-order valence-corrected chi connectivity index (χ4v) is 7.70. The number of hydrogen-bond acceptors (Lipinski definition) is 2. The molecule has 5 nitrogen and oxygen atoms in total. The first-order valence-corrected chi connectivity index (χ1v) is 17.0. The Kier molecular flexibility index (Phi) is 6.42. The molecule has 8 aromatic carbocycles. The number of nitrogens with one attached hydrogen (secondary N) is 1. The van der Waals surface area contributed by atoms with Gasteiger partial charge >= 0.3 is 0 Å². The van der Waals surface area contributed by atoms with Crippen LogP contribution in [0.1, 0.15) is 11.1 Å². The SMILES string of the molecule is N=C(N=C(N)c1cccc2oc3cc(-c4ccc(-n5c6ccccc6c6cc7ccccc7cc65)cc4)c4ccccc4c3c12)c1ccccc1. The molecule has 2 heterocycles. The van der Waals surface area contributed by atoms with E-state index in [0.29, 0.717) is 5.56 Å². The fourth-order valence-electron chi connectivity index (χ4n) is 7.70. The highest BCUT2D eigenvalue weighted by Gasteiger charge is 2.19. The molecule has 5 heteroatoms. The monoisotopic (exact) mass is 654 g/mol.